The number of rotatable bonds is 6. The van der Waals surface area contributed by atoms with Crippen LogP contribution in [-0.4, -0.2) is 48.9 Å². The summed E-state index contributed by atoms with van der Waals surface area (Å²) in [6.45, 7) is 10.3. The van der Waals surface area contributed by atoms with E-state index >= 15 is 0 Å². The van der Waals surface area contributed by atoms with E-state index < -0.39 is 17.2 Å². The molecule has 0 radical (unpaired) electrons. The van der Waals surface area contributed by atoms with Crippen LogP contribution in [0, 0.1) is 0 Å². The van der Waals surface area contributed by atoms with Crippen molar-refractivity contribution in [3.05, 3.63) is 23.9 Å². The number of carbonyl (C=O) groups excluding carboxylic acids is 1. The molecule has 1 heterocycles. The van der Waals surface area contributed by atoms with Crippen LogP contribution in [0.3, 0.4) is 0 Å². The Hall–Kier alpha value is -2.51. The van der Waals surface area contributed by atoms with E-state index in [2.05, 4.69) is 25.9 Å². The smallest absolute Gasteiger partial charge is 0.408 e. The summed E-state index contributed by atoms with van der Waals surface area (Å²) in [5.41, 5.74) is -0.135. The minimum atomic E-state index is -0.534. The molecule has 1 aromatic heterocycles. The summed E-state index contributed by atoms with van der Waals surface area (Å²) >= 11 is 0. The Labute approximate surface area is 155 Å². The standard InChI is InChI=1S/C18H31N5O3/c1-17(2,3)26-16(24)23-18(4,5)12-22-15(19-6)21-11-13-9-8-10-20-14(13)25-7/h8-10H,11-12H2,1-7H3,(H,23,24)(H2,19,21,22). The highest BCUT2D eigenvalue weighted by Gasteiger charge is 2.24. The van der Waals surface area contributed by atoms with E-state index in [4.69, 9.17) is 9.47 Å². The van der Waals surface area contributed by atoms with Crippen molar-refractivity contribution >= 4 is 12.1 Å². The van der Waals surface area contributed by atoms with Gasteiger partial charge in [-0.1, -0.05) is 6.07 Å². The molecule has 0 aliphatic rings. The minimum Gasteiger partial charge on any atom is -0.481 e. The molecule has 0 saturated heterocycles. The highest BCUT2D eigenvalue weighted by molar-refractivity contribution is 5.79. The van der Waals surface area contributed by atoms with Crippen molar-refractivity contribution in [3.63, 3.8) is 0 Å². The number of alkyl carbamates (subject to hydrolysis) is 1. The highest BCUT2D eigenvalue weighted by atomic mass is 16.6. The zero-order valence-corrected chi connectivity index (χ0v) is 16.8. The first-order chi connectivity index (χ1) is 12.1. The van der Waals surface area contributed by atoms with Gasteiger partial charge in [0, 0.05) is 31.9 Å². The number of guanidine groups is 1. The predicted octanol–water partition coefficient (Wildman–Crippen LogP) is 2.06. The Bertz CT molecular complexity index is 623. The molecule has 8 nitrogen and oxygen atoms in total. The summed E-state index contributed by atoms with van der Waals surface area (Å²) in [6, 6.07) is 3.78. The number of hydrogen-bond acceptors (Lipinski definition) is 5. The van der Waals surface area contributed by atoms with Crippen LogP contribution in [0.4, 0.5) is 4.79 Å². The molecule has 0 atom stereocenters. The van der Waals surface area contributed by atoms with Crippen LogP contribution in [0.1, 0.15) is 40.2 Å². The number of aliphatic imine (C=N–C) groups is 1. The van der Waals surface area contributed by atoms with Crippen LogP contribution in [-0.2, 0) is 11.3 Å². The molecule has 0 fully saturated rings. The normalized spacial score (nSPS) is 12.3. The zero-order valence-electron chi connectivity index (χ0n) is 16.8. The maximum atomic E-state index is 11.9. The molecule has 26 heavy (non-hydrogen) atoms. The van der Waals surface area contributed by atoms with Gasteiger partial charge >= 0.3 is 6.09 Å². The van der Waals surface area contributed by atoms with E-state index in [9.17, 15) is 4.79 Å². The number of nitrogens with zero attached hydrogens (tertiary/aromatic N) is 2. The lowest BCUT2D eigenvalue weighted by Crippen LogP contribution is -2.54. The molecule has 0 aliphatic carbocycles. The molecule has 0 unspecified atom stereocenters. The molecule has 3 N–H and O–H groups in total. The third-order valence-corrected chi connectivity index (χ3v) is 3.25. The van der Waals surface area contributed by atoms with E-state index in [1.165, 1.54) is 0 Å². The molecule has 0 aromatic carbocycles. The number of aromatic nitrogens is 1. The monoisotopic (exact) mass is 365 g/mol. The predicted molar refractivity (Wildman–Crippen MR) is 102 cm³/mol. The molecule has 146 valence electrons. The van der Waals surface area contributed by atoms with Crippen molar-refractivity contribution < 1.29 is 14.3 Å². The molecule has 0 aliphatic heterocycles. The molecule has 1 amide bonds. The van der Waals surface area contributed by atoms with Crippen LogP contribution in [0.2, 0.25) is 0 Å². The van der Waals surface area contributed by atoms with Gasteiger partial charge in [0.2, 0.25) is 5.88 Å². The number of amides is 1. The van der Waals surface area contributed by atoms with Crippen LogP contribution < -0.4 is 20.7 Å². The van der Waals surface area contributed by atoms with E-state index in [-0.39, 0.29) is 0 Å². The average Bonchev–Trinajstić information content (AvgIpc) is 2.52. The number of ether oxygens (including phenoxy) is 2. The first kappa shape index (κ1) is 21.5. The SMILES string of the molecule is CN=C(NCc1cccnc1OC)NCC(C)(C)NC(=O)OC(C)(C)C. The van der Waals surface area contributed by atoms with Crippen LogP contribution in [0.5, 0.6) is 5.88 Å². The largest absolute Gasteiger partial charge is 0.481 e. The van der Waals surface area contributed by atoms with Crippen LogP contribution >= 0.6 is 0 Å². The van der Waals surface area contributed by atoms with E-state index in [1.807, 2.05) is 46.8 Å². The first-order valence-corrected chi connectivity index (χ1v) is 8.50. The lowest BCUT2D eigenvalue weighted by atomic mass is 10.1. The molecular weight excluding hydrogens is 334 g/mol. The van der Waals surface area contributed by atoms with Crippen LogP contribution in [0.15, 0.2) is 23.3 Å². The Morgan fingerprint density at radius 2 is 1.92 bits per heavy atom. The third kappa shape index (κ3) is 8.04. The van der Waals surface area contributed by atoms with Crippen molar-refractivity contribution in [2.24, 2.45) is 4.99 Å². The van der Waals surface area contributed by atoms with Gasteiger partial charge in [0.15, 0.2) is 5.96 Å². The molecule has 8 heteroatoms. The fourth-order valence-corrected chi connectivity index (χ4v) is 2.07. The second-order valence-electron chi connectivity index (χ2n) is 7.46. The Morgan fingerprint density at radius 3 is 2.50 bits per heavy atom. The second kappa shape index (κ2) is 9.26. The molecule has 1 aromatic rings. The molecule has 0 saturated carbocycles. The van der Waals surface area contributed by atoms with E-state index in [1.54, 1.807) is 20.4 Å². The lowest BCUT2D eigenvalue weighted by molar-refractivity contribution is 0.0474. The second-order valence-corrected chi connectivity index (χ2v) is 7.46. The maximum Gasteiger partial charge on any atom is 0.408 e. The summed E-state index contributed by atoms with van der Waals surface area (Å²) in [5.74, 6) is 1.18. The van der Waals surface area contributed by atoms with Gasteiger partial charge in [-0.25, -0.2) is 9.78 Å². The minimum absolute atomic E-state index is 0.452. The summed E-state index contributed by atoms with van der Waals surface area (Å²) in [7, 11) is 3.27. The van der Waals surface area contributed by atoms with Crippen molar-refractivity contribution in [1.82, 2.24) is 20.9 Å². The number of carbonyl (C=O) groups is 1. The number of hydrogen-bond donors (Lipinski definition) is 3. The summed E-state index contributed by atoms with van der Waals surface area (Å²) in [4.78, 5) is 20.3. The highest BCUT2D eigenvalue weighted by Crippen LogP contribution is 2.13. The zero-order chi connectivity index (χ0) is 19.8. The van der Waals surface area contributed by atoms with Crippen molar-refractivity contribution in [3.8, 4) is 5.88 Å². The number of pyridine rings is 1. The van der Waals surface area contributed by atoms with Gasteiger partial charge in [0.25, 0.3) is 0 Å². The summed E-state index contributed by atoms with van der Waals surface area (Å²) in [6.07, 6.45) is 1.23. The van der Waals surface area contributed by atoms with Crippen molar-refractivity contribution in [2.45, 2.75) is 52.3 Å². The fourth-order valence-electron chi connectivity index (χ4n) is 2.07. The van der Waals surface area contributed by atoms with E-state index in [0.717, 1.165) is 5.56 Å². The quantitative estimate of drug-likeness (QED) is 0.527. The Balaban J connectivity index is 2.53. The Kier molecular flexibility index (Phi) is 7.67. The van der Waals surface area contributed by atoms with Gasteiger partial charge in [-0.05, 0) is 40.7 Å². The number of nitrogens with one attached hydrogen (secondary N) is 3. The van der Waals surface area contributed by atoms with Gasteiger partial charge < -0.3 is 25.4 Å². The summed E-state index contributed by atoms with van der Waals surface area (Å²) in [5, 5.41) is 9.24. The van der Waals surface area contributed by atoms with Gasteiger partial charge in [-0.2, -0.15) is 0 Å². The summed E-state index contributed by atoms with van der Waals surface area (Å²) < 4.78 is 10.5. The van der Waals surface area contributed by atoms with Crippen LogP contribution in [0.25, 0.3) is 0 Å². The lowest BCUT2D eigenvalue weighted by Gasteiger charge is -2.29. The first-order valence-electron chi connectivity index (χ1n) is 8.50. The van der Waals surface area contributed by atoms with E-state index in [0.29, 0.717) is 24.9 Å². The van der Waals surface area contributed by atoms with Gasteiger partial charge in [-0.15, -0.1) is 0 Å². The molecular formula is C18H31N5O3. The molecule has 0 spiro atoms. The number of methoxy groups -OCH3 is 1. The van der Waals surface area contributed by atoms with Crippen molar-refractivity contribution in [1.29, 1.82) is 0 Å². The van der Waals surface area contributed by atoms with Gasteiger partial charge in [0.05, 0.1) is 12.6 Å². The topological polar surface area (TPSA) is 96.9 Å². The fraction of sp³-hybridized carbons (Fsp3) is 0.611. The Morgan fingerprint density at radius 1 is 1.23 bits per heavy atom. The molecule has 0 bridgehead atoms. The third-order valence-electron chi connectivity index (χ3n) is 3.25. The molecule has 1 rings (SSSR count). The van der Waals surface area contributed by atoms with Crippen molar-refractivity contribution in [2.75, 3.05) is 20.7 Å². The maximum absolute atomic E-state index is 11.9. The van der Waals surface area contributed by atoms with Gasteiger partial charge in [0.1, 0.15) is 5.60 Å². The van der Waals surface area contributed by atoms with Gasteiger partial charge in [-0.3, -0.25) is 4.99 Å². The average molecular weight is 365 g/mol.